The molecule has 0 bridgehead atoms. The van der Waals surface area contributed by atoms with Crippen LogP contribution in [-0.2, 0) is 0 Å². The van der Waals surface area contributed by atoms with Crippen molar-refractivity contribution >= 4 is 0 Å². The lowest BCUT2D eigenvalue weighted by atomic mass is 9.91. The van der Waals surface area contributed by atoms with E-state index < -0.39 is 0 Å². The lowest BCUT2D eigenvalue weighted by Gasteiger charge is -2.31. The Labute approximate surface area is 107 Å². The average molecular weight is 251 g/mol. The smallest absolute Gasteiger partial charge is 0.119 e. The highest BCUT2D eigenvalue weighted by atomic mass is 16.3. The summed E-state index contributed by atoms with van der Waals surface area (Å²) >= 11 is 0. The van der Waals surface area contributed by atoms with E-state index >= 15 is 0 Å². The second kappa shape index (κ2) is 5.59. The Bertz CT molecular complexity index is 388. The summed E-state index contributed by atoms with van der Waals surface area (Å²) in [7, 11) is 0. The highest BCUT2D eigenvalue weighted by molar-refractivity contribution is 5.38. The van der Waals surface area contributed by atoms with E-state index in [1.807, 2.05) is 6.92 Å². The maximum atomic E-state index is 9.91. The van der Waals surface area contributed by atoms with Crippen molar-refractivity contribution in [3.8, 4) is 11.5 Å². The van der Waals surface area contributed by atoms with Gasteiger partial charge in [-0.15, -0.1) is 0 Å². The highest BCUT2D eigenvalue weighted by Crippen LogP contribution is 2.27. The lowest BCUT2D eigenvalue weighted by molar-refractivity contribution is 0.0859. The van der Waals surface area contributed by atoms with Gasteiger partial charge < -0.3 is 20.6 Å². The number of aromatic hydroxyl groups is 2. The molecule has 4 nitrogen and oxygen atoms in total. The number of phenolic OH excluding ortho intramolecular Hbond substituents is 2. The number of benzene rings is 1. The Kier molecular flexibility index (Phi) is 4.09. The molecule has 0 spiro atoms. The minimum atomic E-state index is -0.299. The first-order chi connectivity index (χ1) is 8.56. The molecule has 0 radical (unpaired) electrons. The normalized spacial score (nSPS) is 25.9. The highest BCUT2D eigenvalue weighted by Gasteiger charge is 2.24. The maximum Gasteiger partial charge on any atom is 0.119 e. The van der Waals surface area contributed by atoms with Crippen molar-refractivity contribution in [2.45, 2.75) is 50.8 Å². The van der Waals surface area contributed by atoms with Crippen molar-refractivity contribution in [2.75, 3.05) is 0 Å². The second-order valence-electron chi connectivity index (χ2n) is 5.13. The minimum Gasteiger partial charge on any atom is -0.508 e. The van der Waals surface area contributed by atoms with Crippen LogP contribution in [0.4, 0.5) is 0 Å². The molecule has 1 aromatic carbocycles. The Morgan fingerprint density at radius 2 is 1.72 bits per heavy atom. The first-order valence-corrected chi connectivity index (χ1v) is 6.53. The van der Waals surface area contributed by atoms with Gasteiger partial charge in [-0.2, -0.15) is 0 Å². The molecule has 1 saturated carbocycles. The van der Waals surface area contributed by atoms with Crippen LogP contribution in [0.3, 0.4) is 0 Å². The van der Waals surface area contributed by atoms with Crippen LogP contribution in [0.5, 0.6) is 11.5 Å². The Hall–Kier alpha value is -1.26. The lowest BCUT2D eigenvalue weighted by Crippen LogP contribution is -2.43. The molecule has 4 N–H and O–H groups in total. The molecule has 3 atom stereocenters. The Morgan fingerprint density at radius 1 is 1.11 bits per heavy atom. The molecule has 4 heteroatoms. The molecule has 1 fully saturated rings. The largest absolute Gasteiger partial charge is 0.508 e. The van der Waals surface area contributed by atoms with E-state index in [1.54, 1.807) is 12.1 Å². The van der Waals surface area contributed by atoms with Crippen molar-refractivity contribution < 1.29 is 15.3 Å². The SMILES string of the molecule is CC(NC1CCCCC1O)c1cc(O)cc(O)c1. The molecule has 0 heterocycles. The monoisotopic (exact) mass is 251 g/mol. The van der Waals surface area contributed by atoms with Gasteiger partial charge in [0.1, 0.15) is 11.5 Å². The molecule has 1 aliphatic rings. The average Bonchev–Trinajstić information content (AvgIpc) is 2.31. The summed E-state index contributed by atoms with van der Waals surface area (Å²) in [5.74, 6) is 0.116. The fourth-order valence-corrected chi connectivity index (χ4v) is 2.59. The molecule has 1 aliphatic carbocycles. The molecule has 2 rings (SSSR count). The molecule has 1 aromatic rings. The number of rotatable bonds is 3. The standard InChI is InChI=1S/C14H21NO3/c1-9(10-6-11(16)8-12(17)7-10)15-13-4-2-3-5-14(13)18/h6-9,13-18H,2-5H2,1H3. The van der Waals surface area contributed by atoms with E-state index in [0.717, 1.165) is 31.2 Å². The fourth-order valence-electron chi connectivity index (χ4n) is 2.59. The van der Waals surface area contributed by atoms with E-state index in [2.05, 4.69) is 5.32 Å². The van der Waals surface area contributed by atoms with E-state index in [9.17, 15) is 15.3 Å². The van der Waals surface area contributed by atoms with E-state index in [-0.39, 0.29) is 29.7 Å². The first-order valence-electron chi connectivity index (χ1n) is 6.53. The van der Waals surface area contributed by atoms with Crippen LogP contribution >= 0.6 is 0 Å². The molecular formula is C14H21NO3. The van der Waals surface area contributed by atoms with Gasteiger partial charge in [0.15, 0.2) is 0 Å². The van der Waals surface area contributed by atoms with Gasteiger partial charge in [-0.3, -0.25) is 0 Å². The zero-order chi connectivity index (χ0) is 13.1. The Morgan fingerprint density at radius 3 is 2.33 bits per heavy atom. The second-order valence-corrected chi connectivity index (χ2v) is 5.13. The van der Waals surface area contributed by atoms with Crippen LogP contribution in [-0.4, -0.2) is 27.5 Å². The van der Waals surface area contributed by atoms with Gasteiger partial charge in [-0.1, -0.05) is 12.8 Å². The van der Waals surface area contributed by atoms with Crippen molar-refractivity contribution in [3.05, 3.63) is 23.8 Å². The number of aliphatic hydroxyl groups excluding tert-OH is 1. The summed E-state index contributed by atoms with van der Waals surface area (Å²) in [6.07, 6.45) is 3.73. The molecule has 100 valence electrons. The van der Waals surface area contributed by atoms with Crippen LogP contribution in [0.1, 0.15) is 44.2 Å². The summed E-state index contributed by atoms with van der Waals surface area (Å²) in [5, 5.41) is 32.2. The predicted octanol–water partition coefficient (Wildman–Crippen LogP) is 2.05. The number of hydrogen-bond donors (Lipinski definition) is 4. The predicted molar refractivity (Wildman–Crippen MR) is 69.6 cm³/mol. The number of nitrogens with one attached hydrogen (secondary N) is 1. The first kappa shape index (κ1) is 13.2. The number of aliphatic hydroxyl groups is 1. The maximum absolute atomic E-state index is 9.91. The quantitative estimate of drug-likeness (QED) is 0.663. The van der Waals surface area contributed by atoms with Gasteiger partial charge >= 0.3 is 0 Å². The molecule has 3 unspecified atom stereocenters. The van der Waals surface area contributed by atoms with Crippen molar-refractivity contribution in [1.82, 2.24) is 5.32 Å². The summed E-state index contributed by atoms with van der Waals surface area (Å²) in [4.78, 5) is 0. The third kappa shape index (κ3) is 3.15. The molecule has 18 heavy (non-hydrogen) atoms. The van der Waals surface area contributed by atoms with Gasteiger partial charge in [0.2, 0.25) is 0 Å². The molecule has 0 amide bonds. The molecular weight excluding hydrogens is 230 g/mol. The zero-order valence-corrected chi connectivity index (χ0v) is 10.6. The van der Waals surface area contributed by atoms with E-state index in [0.29, 0.717) is 0 Å². The van der Waals surface area contributed by atoms with Crippen LogP contribution in [0.25, 0.3) is 0 Å². The topological polar surface area (TPSA) is 72.7 Å². The molecule has 0 saturated heterocycles. The zero-order valence-electron chi connectivity index (χ0n) is 10.6. The minimum absolute atomic E-state index is 0.0132. The summed E-state index contributed by atoms with van der Waals surface area (Å²) in [6.45, 7) is 1.97. The Balaban J connectivity index is 2.04. The molecule has 0 aliphatic heterocycles. The number of hydrogen-bond acceptors (Lipinski definition) is 4. The van der Waals surface area contributed by atoms with Gasteiger partial charge in [0.25, 0.3) is 0 Å². The third-order valence-corrected chi connectivity index (χ3v) is 3.62. The van der Waals surface area contributed by atoms with Crippen molar-refractivity contribution in [2.24, 2.45) is 0 Å². The fraction of sp³-hybridized carbons (Fsp3) is 0.571. The van der Waals surface area contributed by atoms with Crippen molar-refractivity contribution in [1.29, 1.82) is 0 Å². The summed E-state index contributed by atoms with van der Waals surface area (Å²) in [6, 6.07) is 4.66. The molecule has 0 aromatic heterocycles. The van der Waals surface area contributed by atoms with Crippen molar-refractivity contribution in [3.63, 3.8) is 0 Å². The van der Waals surface area contributed by atoms with Gasteiger partial charge in [0.05, 0.1) is 6.10 Å². The third-order valence-electron chi connectivity index (χ3n) is 3.62. The number of phenols is 2. The van der Waals surface area contributed by atoms with E-state index in [1.165, 1.54) is 6.07 Å². The van der Waals surface area contributed by atoms with Crippen LogP contribution in [0.2, 0.25) is 0 Å². The van der Waals surface area contributed by atoms with E-state index in [4.69, 9.17) is 0 Å². The summed E-state index contributed by atoms with van der Waals surface area (Å²) < 4.78 is 0. The van der Waals surface area contributed by atoms with Crippen LogP contribution < -0.4 is 5.32 Å². The van der Waals surface area contributed by atoms with Crippen LogP contribution in [0, 0.1) is 0 Å². The van der Waals surface area contributed by atoms with Gasteiger partial charge in [-0.25, -0.2) is 0 Å². The van der Waals surface area contributed by atoms with Crippen LogP contribution in [0.15, 0.2) is 18.2 Å². The van der Waals surface area contributed by atoms with Gasteiger partial charge in [0, 0.05) is 18.2 Å². The summed E-state index contributed by atoms with van der Waals surface area (Å²) in [5.41, 5.74) is 0.824. The van der Waals surface area contributed by atoms with Gasteiger partial charge in [-0.05, 0) is 37.5 Å².